The van der Waals surface area contributed by atoms with Crippen molar-refractivity contribution in [1.82, 2.24) is 0 Å². The first-order valence-electron chi connectivity index (χ1n) is 6.53. The maximum atomic E-state index is 5.79. The highest BCUT2D eigenvalue weighted by Gasteiger charge is 2.21. The van der Waals surface area contributed by atoms with Crippen molar-refractivity contribution in [3.05, 3.63) is 23.8 Å². The summed E-state index contributed by atoms with van der Waals surface area (Å²) in [6, 6.07) is 6.23. The van der Waals surface area contributed by atoms with Gasteiger partial charge in [0.2, 0.25) is 0 Å². The summed E-state index contributed by atoms with van der Waals surface area (Å²) in [4.78, 5) is 0. The molecule has 1 fully saturated rings. The SMILES string of the molecule is CC1CCC(N)CC1N.Cc1ccc(N)cc1N. The van der Waals surface area contributed by atoms with Crippen LogP contribution in [0, 0.1) is 12.8 Å². The first kappa shape index (κ1) is 14.8. The lowest BCUT2D eigenvalue weighted by Gasteiger charge is -2.29. The molecule has 3 atom stereocenters. The molecule has 0 amide bonds. The molecule has 8 N–H and O–H groups in total. The van der Waals surface area contributed by atoms with Crippen molar-refractivity contribution in [2.75, 3.05) is 11.5 Å². The van der Waals surface area contributed by atoms with Crippen LogP contribution in [0.5, 0.6) is 0 Å². The van der Waals surface area contributed by atoms with Crippen LogP contribution in [0.25, 0.3) is 0 Å². The van der Waals surface area contributed by atoms with Gasteiger partial charge in [-0.15, -0.1) is 0 Å². The standard InChI is InChI=1S/C7H16N2.C7H10N2/c2*1-5-2-3-6(8)4-7(5)9/h5-7H,2-4,8-9H2,1H3;2-4H,8-9H2,1H3. The summed E-state index contributed by atoms with van der Waals surface area (Å²) in [5.74, 6) is 0.685. The van der Waals surface area contributed by atoms with Gasteiger partial charge in [0.15, 0.2) is 0 Å². The van der Waals surface area contributed by atoms with Crippen LogP contribution in [-0.4, -0.2) is 12.1 Å². The number of nitrogens with two attached hydrogens (primary N) is 4. The Morgan fingerprint density at radius 3 is 2.22 bits per heavy atom. The molecule has 0 spiro atoms. The van der Waals surface area contributed by atoms with Crippen molar-refractivity contribution in [3.63, 3.8) is 0 Å². The second-order valence-electron chi connectivity index (χ2n) is 5.33. The second-order valence-corrected chi connectivity index (χ2v) is 5.33. The molecule has 0 bridgehead atoms. The van der Waals surface area contributed by atoms with E-state index in [4.69, 9.17) is 22.9 Å². The van der Waals surface area contributed by atoms with Crippen molar-refractivity contribution in [2.45, 2.75) is 45.2 Å². The minimum absolute atomic E-state index is 0.355. The van der Waals surface area contributed by atoms with E-state index in [2.05, 4.69) is 6.92 Å². The van der Waals surface area contributed by atoms with Gasteiger partial charge in [0, 0.05) is 23.5 Å². The van der Waals surface area contributed by atoms with Crippen molar-refractivity contribution < 1.29 is 0 Å². The molecule has 2 rings (SSSR count). The molecule has 18 heavy (non-hydrogen) atoms. The van der Waals surface area contributed by atoms with E-state index in [-0.39, 0.29) is 0 Å². The fourth-order valence-corrected chi connectivity index (χ4v) is 2.05. The van der Waals surface area contributed by atoms with Crippen LogP contribution in [0.15, 0.2) is 18.2 Å². The lowest BCUT2D eigenvalue weighted by atomic mass is 9.84. The normalized spacial score (nSPS) is 27.2. The van der Waals surface area contributed by atoms with Gasteiger partial charge in [0.25, 0.3) is 0 Å². The molecule has 1 aliphatic carbocycles. The van der Waals surface area contributed by atoms with E-state index in [1.54, 1.807) is 6.07 Å². The average molecular weight is 250 g/mol. The summed E-state index contributed by atoms with van der Waals surface area (Å²) in [7, 11) is 0. The van der Waals surface area contributed by atoms with Crippen molar-refractivity contribution >= 4 is 11.4 Å². The largest absolute Gasteiger partial charge is 0.399 e. The Morgan fingerprint density at radius 1 is 1.11 bits per heavy atom. The maximum Gasteiger partial charge on any atom is 0.0364 e. The van der Waals surface area contributed by atoms with Crippen LogP contribution in [0.4, 0.5) is 11.4 Å². The lowest BCUT2D eigenvalue weighted by molar-refractivity contribution is 0.301. The minimum Gasteiger partial charge on any atom is -0.399 e. The molecule has 1 aromatic rings. The van der Waals surface area contributed by atoms with Crippen LogP contribution >= 0.6 is 0 Å². The molecule has 3 unspecified atom stereocenters. The molecular formula is C14H26N4. The van der Waals surface area contributed by atoms with E-state index in [0.29, 0.717) is 18.0 Å². The lowest BCUT2D eigenvalue weighted by Crippen LogP contribution is -2.40. The summed E-state index contributed by atoms with van der Waals surface area (Å²) >= 11 is 0. The fraction of sp³-hybridized carbons (Fsp3) is 0.571. The van der Waals surface area contributed by atoms with E-state index >= 15 is 0 Å². The Balaban J connectivity index is 0.000000180. The predicted molar refractivity (Wildman–Crippen MR) is 79.0 cm³/mol. The Morgan fingerprint density at radius 2 is 1.78 bits per heavy atom. The summed E-state index contributed by atoms with van der Waals surface area (Å²) < 4.78 is 0. The first-order chi connectivity index (χ1) is 8.40. The molecule has 1 aliphatic rings. The quantitative estimate of drug-likeness (QED) is 0.525. The highest BCUT2D eigenvalue weighted by Crippen LogP contribution is 2.21. The molecule has 102 valence electrons. The number of benzene rings is 1. The van der Waals surface area contributed by atoms with E-state index in [1.165, 1.54) is 6.42 Å². The smallest absolute Gasteiger partial charge is 0.0364 e. The van der Waals surface area contributed by atoms with Crippen LogP contribution in [-0.2, 0) is 0 Å². The highest BCUT2D eigenvalue weighted by molar-refractivity contribution is 5.55. The van der Waals surface area contributed by atoms with E-state index < -0.39 is 0 Å². The molecule has 0 radical (unpaired) electrons. The van der Waals surface area contributed by atoms with Crippen LogP contribution in [0.3, 0.4) is 0 Å². The Kier molecular flexibility index (Phi) is 5.44. The Hall–Kier alpha value is -1.26. The van der Waals surface area contributed by atoms with Crippen molar-refractivity contribution in [3.8, 4) is 0 Å². The summed E-state index contributed by atoms with van der Waals surface area (Å²) in [6.45, 7) is 4.16. The molecule has 0 aromatic heterocycles. The van der Waals surface area contributed by atoms with Crippen molar-refractivity contribution in [2.24, 2.45) is 17.4 Å². The molecule has 1 saturated carbocycles. The molecular weight excluding hydrogens is 224 g/mol. The van der Waals surface area contributed by atoms with E-state index in [0.717, 1.165) is 29.8 Å². The van der Waals surface area contributed by atoms with Gasteiger partial charge in [-0.3, -0.25) is 0 Å². The van der Waals surface area contributed by atoms with Crippen LogP contribution in [0.1, 0.15) is 31.7 Å². The number of nitrogen functional groups attached to an aromatic ring is 2. The average Bonchev–Trinajstić information content (AvgIpc) is 2.30. The van der Waals surface area contributed by atoms with Gasteiger partial charge in [0.1, 0.15) is 0 Å². The molecule has 0 heterocycles. The molecule has 0 saturated heterocycles. The zero-order valence-corrected chi connectivity index (χ0v) is 11.4. The zero-order chi connectivity index (χ0) is 13.7. The zero-order valence-electron chi connectivity index (χ0n) is 11.4. The fourth-order valence-electron chi connectivity index (χ4n) is 2.05. The number of hydrogen-bond acceptors (Lipinski definition) is 4. The van der Waals surface area contributed by atoms with E-state index in [9.17, 15) is 0 Å². The topological polar surface area (TPSA) is 104 Å². The molecule has 4 nitrogen and oxygen atoms in total. The Labute approximate surface area is 110 Å². The Bertz CT molecular complexity index is 378. The van der Waals surface area contributed by atoms with Crippen LogP contribution in [0.2, 0.25) is 0 Å². The maximum absolute atomic E-state index is 5.79. The second kappa shape index (κ2) is 6.61. The van der Waals surface area contributed by atoms with E-state index in [1.807, 2.05) is 19.1 Å². The summed E-state index contributed by atoms with van der Waals surface area (Å²) in [5, 5.41) is 0. The van der Waals surface area contributed by atoms with Gasteiger partial charge in [-0.05, 0) is 49.8 Å². The molecule has 0 aliphatic heterocycles. The minimum atomic E-state index is 0.355. The third-order valence-corrected chi connectivity index (χ3v) is 3.60. The molecule has 4 heteroatoms. The van der Waals surface area contributed by atoms with Gasteiger partial charge in [-0.1, -0.05) is 13.0 Å². The van der Waals surface area contributed by atoms with Crippen LogP contribution < -0.4 is 22.9 Å². The summed E-state index contributed by atoms with van der Waals surface area (Å²) in [6.07, 6.45) is 3.39. The number of aryl methyl sites for hydroxylation is 1. The highest BCUT2D eigenvalue weighted by atomic mass is 14.7. The van der Waals surface area contributed by atoms with Crippen molar-refractivity contribution in [1.29, 1.82) is 0 Å². The van der Waals surface area contributed by atoms with Gasteiger partial charge in [-0.2, -0.15) is 0 Å². The first-order valence-corrected chi connectivity index (χ1v) is 6.53. The summed E-state index contributed by atoms with van der Waals surface area (Å²) in [5.41, 5.74) is 25.0. The van der Waals surface area contributed by atoms with Gasteiger partial charge in [0.05, 0.1) is 0 Å². The number of hydrogen-bond donors (Lipinski definition) is 4. The third kappa shape index (κ3) is 4.55. The number of rotatable bonds is 0. The predicted octanol–water partition coefficient (Wildman–Crippen LogP) is 1.62. The van der Waals surface area contributed by atoms with Gasteiger partial charge >= 0.3 is 0 Å². The number of anilines is 2. The monoisotopic (exact) mass is 250 g/mol. The van der Waals surface area contributed by atoms with Gasteiger partial charge in [-0.25, -0.2) is 0 Å². The third-order valence-electron chi connectivity index (χ3n) is 3.60. The molecule has 1 aromatic carbocycles. The van der Waals surface area contributed by atoms with Gasteiger partial charge < -0.3 is 22.9 Å².